The van der Waals surface area contributed by atoms with Crippen LogP contribution in [-0.4, -0.2) is 40.9 Å². The van der Waals surface area contributed by atoms with Crippen LogP contribution in [0.5, 0.6) is 11.5 Å². The standard InChI is InChI=1S/C28H33NO5S2/c1-6-32-24-15-21(10-11-23(24)34-17-22-14-19(4)18(3)13-20(22)5)16-25-27(31)29(28(35)36-25)12-8-9-26(30)33-7-2/h10-11,13-16H,6-9,12,17H2,1-5H3/b25-16+. The Morgan fingerprint density at radius 2 is 1.75 bits per heavy atom. The molecule has 1 amide bonds. The Hall–Kier alpha value is -2.84. The first kappa shape index (κ1) is 27.7. The molecular formula is C28H33NO5S2. The van der Waals surface area contributed by atoms with Crippen LogP contribution in [0.3, 0.4) is 0 Å². The molecule has 36 heavy (non-hydrogen) atoms. The molecule has 1 aliphatic rings. The van der Waals surface area contributed by atoms with E-state index in [1.807, 2.05) is 31.2 Å². The van der Waals surface area contributed by atoms with Crippen molar-refractivity contribution in [3.8, 4) is 11.5 Å². The summed E-state index contributed by atoms with van der Waals surface area (Å²) in [6.45, 7) is 11.7. The van der Waals surface area contributed by atoms with Crippen LogP contribution in [0.2, 0.25) is 0 Å². The second-order valence-corrected chi connectivity index (χ2v) is 10.2. The highest BCUT2D eigenvalue weighted by atomic mass is 32.2. The van der Waals surface area contributed by atoms with Crippen molar-refractivity contribution >= 4 is 46.3 Å². The topological polar surface area (TPSA) is 65.1 Å². The van der Waals surface area contributed by atoms with Gasteiger partial charge in [-0.15, -0.1) is 0 Å². The second-order valence-electron chi connectivity index (χ2n) is 8.53. The minimum atomic E-state index is -0.267. The van der Waals surface area contributed by atoms with Gasteiger partial charge in [0.15, 0.2) is 11.5 Å². The Morgan fingerprint density at radius 1 is 1.00 bits per heavy atom. The highest BCUT2D eigenvalue weighted by Crippen LogP contribution is 2.35. The maximum Gasteiger partial charge on any atom is 0.305 e. The van der Waals surface area contributed by atoms with Gasteiger partial charge in [-0.3, -0.25) is 14.5 Å². The minimum absolute atomic E-state index is 0.155. The molecular weight excluding hydrogens is 494 g/mol. The molecule has 0 radical (unpaired) electrons. The van der Waals surface area contributed by atoms with Crippen LogP contribution in [0.4, 0.5) is 0 Å². The van der Waals surface area contributed by atoms with Crippen LogP contribution in [-0.2, 0) is 20.9 Å². The van der Waals surface area contributed by atoms with E-state index in [0.29, 0.717) is 53.5 Å². The molecule has 192 valence electrons. The number of rotatable bonds is 11. The maximum absolute atomic E-state index is 12.9. The summed E-state index contributed by atoms with van der Waals surface area (Å²) in [5.74, 6) is 0.852. The van der Waals surface area contributed by atoms with Gasteiger partial charge in [0, 0.05) is 13.0 Å². The number of hydrogen-bond acceptors (Lipinski definition) is 7. The van der Waals surface area contributed by atoms with E-state index in [1.54, 1.807) is 6.92 Å². The molecule has 0 aliphatic carbocycles. The van der Waals surface area contributed by atoms with Crippen LogP contribution in [0.15, 0.2) is 35.2 Å². The summed E-state index contributed by atoms with van der Waals surface area (Å²) in [7, 11) is 0. The molecule has 0 unspecified atom stereocenters. The highest BCUT2D eigenvalue weighted by Gasteiger charge is 2.31. The lowest BCUT2D eigenvalue weighted by atomic mass is 10.0. The first-order chi connectivity index (χ1) is 17.2. The van der Waals surface area contributed by atoms with E-state index < -0.39 is 0 Å². The molecule has 3 rings (SSSR count). The van der Waals surface area contributed by atoms with Gasteiger partial charge >= 0.3 is 5.97 Å². The van der Waals surface area contributed by atoms with Crippen molar-refractivity contribution in [2.75, 3.05) is 19.8 Å². The van der Waals surface area contributed by atoms with Crippen LogP contribution in [0.1, 0.15) is 54.5 Å². The van der Waals surface area contributed by atoms with Crippen LogP contribution in [0, 0.1) is 20.8 Å². The molecule has 0 spiro atoms. The average molecular weight is 528 g/mol. The smallest absolute Gasteiger partial charge is 0.305 e. The Bertz CT molecular complexity index is 1170. The number of thiocarbonyl (C=S) groups is 1. The first-order valence-corrected chi connectivity index (χ1v) is 13.3. The predicted octanol–water partition coefficient (Wildman–Crippen LogP) is 6.13. The van der Waals surface area contributed by atoms with Crippen LogP contribution < -0.4 is 9.47 Å². The zero-order valence-electron chi connectivity index (χ0n) is 21.5. The molecule has 0 N–H and O–H groups in total. The molecule has 0 bridgehead atoms. The van der Waals surface area contributed by atoms with Crippen molar-refractivity contribution in [1.82, 2.24) is 4.90 Å². The SMILES string of the molecule is CCOC(=O)CCCN1C(=O)/C(=C\c2ccc(OCc3cc(C)c(C)cc3C)c(OCC)c2)SC1=S. The van der Waals surface area contributed by atoms with Gasteiger partial charge < -0.3 is 14.2 Å². The fourth-order valence-corrected chi connectivity index (χ4v) is 5.10. The normalized spacial score (nSPS) is 14.5. The number of nitrogens with zero attached hydrogens (tertiary/aromatic N) is 1. The lowest BCUT2D eigenvalue weighted by Crippen LogP contribution is -2.29. The number of hydrogen-bond donors (Lipinski definition) is 0. The van der Waals surface area contributed by atoms with Gasteiger partial charge in [0.05, 0.1) is 18.1 Å². The summed E-state index contributed by atoms with van der Waals surface area (Å²) in [5, 5.41) is 0. The van der Waals surface area contributed by atoms with Crippen molar-refractivity contribution in [2.45, 2.75) is 54.1 Å². The summed E-state index contributed by atoms with van der Waals surface area (Å²) in [6, 6.07) is 9.98. The lowest BCUT2D eigenvalue weighted by Gasteiger charge is -2.15. The summed E-state index contributed by atoms with van der Waals surface area (Å²) >= 11 is 6.67. The van der Waals surface area contributed by atoms with Gasteiger partial charge in [-0.25, -0.2) is 0 Å². The number of amides is 1. The van der Waals surface area contributed by atoms with Crippen molar-refractivity contribution in [2.24, 2.45) is 0 Å². The van der Waals surface area contributed by atoms with Gasteiger partial charge in [-0.05, 0) is 87.1 Å². The van der Waals surface area contributed by atoms with E-state index >= 15 is 0 Å². The molecule has 1 heterocycles. The summed E-state index contributed by atoms with van der Waals surface area (Å²) in [6.07, 6.45) is 2.56. The molecule has 0 atom stereocenters. The predicted molar refractivity (Wildman–Crippen MR) is 148 cm³/mol. The van der Waals surface area contributed by atoms with Crippen molar-refractivity contribution in [1.29, 1.82) is 0 Å². The Labute approximate surface area is 223 Å². The van der Waals surface area contributed by atoms with Gasteiger partial charge in [0.2, 0.25) is 0 Å². The van der Waals surface area contributed by atoms with Gasteiger partial charge in [-0.1, -0.05) is 42.2 Å². The minimum Gasteiger partial charge on any atom is -0.490 e. The van der Waals surface area contributed by atoms with Crippen molar-refractivity contribution in [3.63, 3.8) is 0 Å². The quantitative estimate of drug-likeness (QED) is 0.198. The number of thioether (sulfide) groups is 1. The second kappa shape index (κ2) is 12.9. The average Bonchev–Trinajstić information content (AvgIpc) is 3.09. The van der Waals surface area contributed by atoms with Crippen LogP contribution in [0.25, 0.3) is 6.08 Å². The van der Waals surface area contributed by atoms with E-state index in [1.165, 1.54) is 33.4 Å². The summed E-state index contributed by atoms with van der Waals surface area (Å²) in [5.41, 5.74) is 5.64. The zero-order chi connectivity index (χ0) is 26.2. The number of benzene rings is 2. The fourth-order valence-electron chi connectivity index (χ4n) is 3.79. The fraction of sp³-hybridized carbons (Fsp3) is 0.393. The Balaban J connectivity index is 1.71. The van der Waals surface area contributed by atoms with E-state index in [-0.39, 0.29) is 18.3 Å². The molecule has 1 aliphatic heterocycles. The van der Waals surface area contributed by atoms with Gasteiger partial charge in [-0.2, -0.15) is 0 Å². The van der Waals surface area contributed by atoms with Crippen molar-refractivity contribution in [3.05, 3.63) is 63.1 Å². The molecule has 0 saturated carbocycles. The highest BCUT2D eigenvalue weighted by molar-refractivity contribution is 8.26. The summed E-state index contributed by atoms with van der Waals surface area (Å²) in [4.78, 5) is 26.6. The van der Waals surface area contributed by atoms with E-state index in [0.717, 1.165) is 11.1 Å². The number of aryl methyl sites for hydroxylation is 3. The third-order valence-corrected chi connectivity index (χ3v) is 7.22. The number of carbonyl (C=O) groups is 2. The molecule has 1 saturated heterocycles. The summed E-state index contributed by atoms with van der Waals surface area (Å²) < 4.78 is 17.4. The van der Waals surface area contributed by atoms with Crippen LogP contribution >= 0.6 is 24.0 Å². The first-order valence-electron chi connectivity index (χ1n) is 12.1. The molecule has 2 aromatic carbocycles. The largest absolute Gasteiger partial charge is 0.490 e. The third kappa shape index (κ3) is 7.11. The van der Waals surface area contributed by atoms with Crippen molar-refractivity contribution < 1.29 is 23.8 Å². The third-order valence-electron chi connectivity index (χ3n) is 5.84. The van der Waals surface area contributed by atoms with Gasteiger partial charge in [0.25, 0.3) is 5.91 Å². The van der Waals surface area contributed by atoms with E-state index in [4.69, 9.17) is 26.4 Å². The lowest BCUT2D eigenvalue weighted by molar-refractivity contribution is -0.143. The molecule has 1 fully saturated rings. The number of carbonyl (C=O) groups excluding carboxylic acids is 2. The molecule has 0 aromatic heterocycles. The van der Waals surface area contributed by atoms with E-state index in [2.05, 4.69) is 32.9 Å². The monoisotopic (exact) mass is 527 g/mol. The Kier molecular flexibility index (Phi) is 9.96. The molecule has 8 heteroatoms. The van der Waals surface area contributed by atoms with E-state index in [9.17, 15) is 9.59 Å². The molecule has 6 nitrogen and oxygen atoms in total. The Morgan fingerprint density at radius 3 is 2.47 bits per heavy atom. The molecule has 2 aromatic rings. The number of ether oxygens (including phenoxy) is 3. The maximum atomic E-state index is 12.9. The van der Waals surface area contributed by atoms with Gasteiger partial charge in [0.1, 0.15) is 10.9 Å². The number of esters is 1. The zero-order valence-corrected chi connectivity index (χ0v) is 23.1.